The van der Waals surface area contributed by atoms with Gasteiger partial charge in [-0.15, -0.1) is 0 Å². The molecule has 0 radical (unpaired) electrons. The monoisotopic (exact) mass is 406 g/mol. The number of hydroxylamine groups is 1. The number of anilines is 2. The van der Waals surface area contributed by atoms with Gasteiger partial charge in [-0.25, -0.2) is 18.7 Å². The molecule has 0 saturated carbocycles. The van der Waals surface area contributed by atoms with Crippen molar-refractivity contribution in [1.29, 1.82) is 0 Å². The lowest BCUT2D eigenvalue weighted by Gasteiger charge is -2.28. The molecule has 2 aliphatic heterocycles. The number of imide groups is 1. The summed E-state index contributed by atoms with van der Waals surface area (Å²) in [6.07, 6.45) is -1.06. The van der Waals surface area contributed by atoms with Crippen LogP contribution in [-0.2, 0) is 14.4 Å². The number of halogens is 2. The minimum atomic E-state index is -1.06. The first-order chi connectivity index (χ1) is 14.6. The number of rotatable bonds is 3. The van der Waals surface area contributed by atoms with Gasteiger partial charge in [-0.1, -0.05) is 42.5 Å². The molecular formula is C23H16F2N2O3. The van der Waals surface area contributed by atoms with Crippen molar-refractivity contribution in [1.82, 2.24) is 0 Å². The van der Waals surface area contributed by atoms with Crippen LogP contribution in [0.5, 0.6) is 0 Å². The van der Waals surface area contributed by atoms with Crippen molar-refractivity contribution in [2.24, 2.45) is 5.92 Å². The van der Waals surface area contributed by atoms with Gasteiger partial charge in [0.1, 0.15) is 5.92 Å². The van der Waals surface area contributed by atoms with E-state index in [0.29, 0.717) is 16.9 Å². The summed E-state index contributed by atoms with van der Waals surface area (Å²) >= 11 is 0. The molecule has 2 fully saturated rings. The predicted octanol–water partition coefficient (Wildman–Crippen LogP) is 4.02. The Morgan fingerprint density at radius 3 is 2.00 bits per heavy atom. The molecule has 2 aliphatic rings. The predicted molar refractivity (Wildman–Crippen MR) is 105 cm³/mol. The topological polar surface area (TPSA) is 49.9 Å². The lowest BCUT2D eigenvalue weighted by molar-refractivity contribution is -0.126. The molecule has 30 heavy (non-hydrogen) atoms. The highest BCUT2D eigenvalue weighted by Crippen LogP contribution is 2.47. The van der Waals surface area contributed by atoms with Crippen LogP contribution in [0.25, 0.3) is 0 Å². The third-order valence-corrected chi connectivity index (χ3v) is 5.43. The van der Waals surface area contributed by atoms with E-state index in [1.165, 1.54) is 11.1 Å². The minimum absolute atomic E-state index is 0.348. The maximum Gasteiger partial charge on any atom is 0.266 e. The largest absolute Gasteiger partial charge is 0.273 e. The van der Waals surface area contributed by atoms with Crippen LogP contribution in [0.2, 0.25) is 0 Å². The first-order valence-corrected chi connectivity index (χ1v) is 9.45. The van der Waals surface area contributed by atoms with Crippen LogP contribution < -0.4 is 9.96 Å². The van der Waals surface area contributed by atoms with Crippen molar-refractivity contribution < 1.29 is 23.2 Å². The minimum Gasteiger partial charge on any atom is -0.273 e. The normalized spacial score (nSPS) is 23.2. The van der Waals surface area contributed by atoms with Gasteiger partial charge in [0.25, 0.3) is 5.91 Å². The Hall–Kier alpha value is -3.58. The molecule has 2 amide bonds. The SMILES string of the molecule is O=C1[C@@H]2[C@@H](ON(c3ccccc3)[C@H]2c2ccc(F)c(F)c2)C(=O)N1c1ccccc1. The number of carbonyl (C=O) groups is 2. The molecule has 2 heterocycles. The van der Waals surface area contributed by atoms with Gasteiger partial charge in [0.2, 0.25) is 5.91 Å². The number of benzene rings is 3. The van der Waals surface area contributed by atoms with Crippen LogP contribution in [0, 0.1) is 17.6 Å². The van der Waals surface area contributed by atoms with Crippen molar-refractivity contribution in [2.75, 3.05) is 9.96 Å². The van der Waals surface area contributed by atoms with Crippen LogP contribution in [0.1, 0.15) is 11.6 Å². The van der Waals surface area contributed by atoms with Gasteiger partial charge >= 0.3 is 0 Å². The van der Waals surface area contributed by atoms with Gasteiger partial charge in [-0.05, 0) is 42.0 Å². The molecule has 0 aliphatic carbocycles. The van der Waals surface area contributed by atoms with E-state index < -0.39 is 41.5 Å². The molecule has 0 aromatic heterocycles. The van der Waals surface area contributed by atoms with Crippen molar-refractivity contribution in [2.45, 2.75) is 12.1 Å². The summed E-state index contributed by atoms with van der Waals surface area (Å²) in [4.78, 5) is 33.5. The van der Waals surface area contributed by atoms with E-state index in [4.69, 9.17) is 4.84 Å². The van der Waals surface area contributed by atoms with Gasteiger partial charge in [0.15, 0.2) is 17.7 Å². The fraction of sp³-hybridized carbons (Fsp3) is 0.130. The first kappa shape index (κ1) is 18.4. The number of amides is 2. The molecule has 0 N–H and O–H groups in total. The summed E-state index contributed by atoms with van der Waals surface area (Å²) in [5.74, 6) is -3.84. The molecule has 3 atom stereocenters. The quantitative estimate of drug-likeness (QED) is 0.617. The second-order valence-corrected chi connectivity index (χ2v) is 7.18. The highest BCUT2D eigenvalue weighted by Gasteiger charge is 2.60. The number of hydrogen-bond acceptors (Lipinski definition) is 4. The smallest absolute Gasteiger partial charge is 0.266 e. The van der Waals surface area contributed by atoms with E-state index in [1.807, 2.05) is 6.07 Å². The van der Waals surface area contributed by atoms with Crippen molar-refractivity contribution >= 4 is 23.2 Å². The third-order valence-electron chi connectivity index (χ3n) is 5.43. The van der Waals surface area contributed by atoms with E-state index >= 15 is 0 Å². The van der Waals surface area contributed by atoms with Gasteiger partial charge in [0, 0.05) is 0 Å². The number of nitrogens with zero attached hydrogens (tertiary/aromatic N) is 2. The number of hydrogen-bond donors (Lipinski definition) is 0. The van der Waals surface area contributed by atoms with Crippen molar-refractivity contribution in [3.8, 4) is 0 Å². The fourth-order valence-corrected chi connectivity index (χ4v) is 4.08. The Bertz CT molecular complexity index is 1120. The summed E-state index contributed by atoms with van der Waals surface area (Å²) in [6, 6.07) is 20.2. The molecule has 2 saturated heterocycles. The Morgan fingerprint density at radius 2 is 1.37 bits per heavy atom. The van der Waals surface area contributed by atoms with Gasteiger partial charge in [0.05, 0.1) is 17.4 Å². The first-order valence-electron chi connectivity index (χ1n) is 9.45. The maximum atomic E-state index is 14.0. The van der Waals surface area contributed by atoms with E-state index in [9.17, 15) is 18.4 Å². The third kappa shape index (κ3) is 2.78. The fourth-order valence-electron chi connectivity index (χ4n) is 4.08. The van der Waals surface area contributed by atoms with Crippen molar-refractivity contribution in [3.63, 3.8) is 0 Å². The molecule has 5 rings (SSSR count). The van der Waals surface area contributed by atoms with Crippen LogP contribution in [0.3, 0.4) is 0 Å². The molecule has 0 unspecified atom stereocenters. The van der Waals surface area contributed by atoms with Crippen LogP contribution >= 0.6 is 0 Å². The molecule has 150 valence electrons. The summed E-state index contributed by atoms with van der Waals surface area (Å²) in [6.45, 7) is 0. The van der Waals surface area contributed by atoms with E-state index in [0.717, 1.165) is 17.0 Å². The summed E-state index contributed by atoms with van der Waals surface area (Å²) in [5, 5.41) is 1.44. The molecule has 0 bridgehead atoms. The summed E-state index contributed by atoms with van der Waals surface area (Å²) in [5.41, 5.74) is 1.40. The zero-order chi connectivity index (χ0) is 20.8. The molecular weight excluding hydrogens is 390 g/mol. The second kappa shape index (κ2) is 7.03. The summed E-state index contributed by atoms with van der Waals surface area (Å²) < 4.78 is 27.6. The van der Waals surface area contributed by atoms with Crippen LogP contribution in [-0.4, -0.2) is 17.9 Å². The second-order valence-electron chi connectivity index (χ2n) is 7.18. The Kier molecular flexibility index (Phi) is 4.33. The summed E-state index contributed by atoms with van der Waals surface area (Å²) in [7, 11) is 0. The zero-order valence-electron chi connectivity index (χ0n) is 15.6. The average Bonchev–Trinajstić information content (AvgIpc) is 3.28. The van der Waals surface area contributed by atoms with Gasteiger partial charge < -0.3 is 0 Å². The van der Waals surface area contributed by atoms with E-state index in [1.54, 1.807) is 54.6 Å². The Morgan fingerprint density at radius 1 is 0.733 bits per heavy atom. The molecule has 7 heteroatoms. The zero-order valence-corrected chi connectivity index (χ0v) is 15.6. The highest BCUT2D eigenvalue weighted by molar-refractivity contribution is 6.23. The van der Waals surface area contributed by atoms with E-state index in [-0.39, 0.29) is 0 Å². The molecule has 5 nitrogen and oxygen atoms in total. The molecule has 3 aromatic carbocycles. The number of carbonyl (C=O) groups excluding carboxylic acids is 2. The maximum absolute atomic E-state index is 14.0. The Labute approximate surface area is 171 Å². The van der Waals surface area contributed by atoms with E-state index in [2.05, 4.69) is 0 Å². The number of para-hydroxylation sites is 2. The highest BCUT2D eigenvalue weighted by atomic mass is 19.2. The lowest BCUT2D eigenvalue weighted by atomic mass is 9.90. The molecule has 0 spiro atoms. The number of fused-ring (bicyclic) bond motifs is 1. The van der Waals surface area contributed by atoms with Crippen molar-refractivity contribution in [3.05, 3.63) is 96.1 Å². The average molecular weight is 406 g/mol. The van der Waals surface area contributed by atoms with Gasteiger partial charge in [-0.2, -0.15) is 0 Å². The van der Waals surface area contributed by atoms with Crippen LogP contribution in [0.15, 0.2) is 78.9 Å². The Balaban J connectivity index is 1.61. The lowest BCUT2D eigenvalue weighted by Crippen LogP contribution is -2.37. The molecule has 3 aromatic rings. The van der Waals surface area contributed by atoms with Crippen LogP contribution in [0.4, 0.5) is 20.2 Å². The van der Waals surface area contributed by atoms with Gasteiger partial charge in [-0.3, -0.25) is 14.4 Å². The standard InChI is InChI=1S/C23H16F2N2O3/c24-17-12-11-14(13-18(17)25)20-19-21(30-27(20)16-9-5-2-6-10-16)23(29)26(22(19)28)15-7-3-1-4-8-15/h1-13,19-21H/t19-,20-,21+/m0/s1.